The molecule has 0 spiro atoms. The molecule has 2 aromatic heterocycles. The molecule has 0 bridgehead atoms. The van der Waals surface area contributed by atoms with E-state index in [0.717, 1.165) is 55.8 Å². The maximum absolute atomic E-state index is 13.5. The van der Waals surface area contributed by atoms with Crippen LogP contribution in [-0.4, -0.2) is 56.8 Å². The molecule has 1 N–H and O–H groups in total. The fourth-order valence-electron chi connectivity index (χ4n) is 4.57. The molecule has 4 heterocycles. The third-order valence-corrected chi connectivity index (χ3v) is 7.98. The Kier molecular flexibility index (Phi) is 5.00. The van der Waals surface area contributed by atoms with E-state index in [1.54, 1.807) is 37.7 Å². The molecule has 2 saturated heterocycles. The normalized spacial score (nSPS) is 22.2. The lowest BCUT2D eigenvalue weighted by Crippen LogP contribution is -2.22. The Labute approximate surface area is 176 Å². The highest BCUT2D eigenvalue weighted by atomic mass is 32.2. The summed E-state index contributed by atoms with van der Waals surface area (Å²) in [6, 6.07) is 10.8. The number of benzene rings is 1. The van der Waals surface area contributed by atoms with Gasteiger partial charge in [0, 0.05) is 56.3 Å². The topological polar surface area (TPSA) is 76.5 Å². The highest BCUT2D eigenvalue weighted by Crippen LogP contribution is 2.32. The van der Waals surface area contributed by atoms with Crippen molar-refractivity contribution >= 4 is 26.7 Å². The van der Waals surface area contributed by atoms with Crippen LogP contribution in [0.5, 0.6) is 0 Å². The molecule has 2 aliphatic rings. The van der Waals surface area contributed by atoms with Gasteiger partial charge in [-0.3, -0.25) is 4.98 Å². The van der Waals surface area contributed by atoms with Gasteiger partial charge in [0.15, 0.2) is 0 Å². The third-order valence-electron chi connectivity index (χ3n) is 6.29. The number of aromatic nitrogens is 2. The van der Waals surface area contributed by atoms with Crippen LogP contribution in [0.15, 0.2) is 53.7 Å². The van der Waals surface area contributed by atoms with Gasteiger partial charge in [0.05, 0.1) is 22.0 Å². The van der Waals surface area contributed by atoms with Crippen molar-refractivity contribution in [3.05, 3.63) is 54.4 Å². The lowest BCUT2D eigenvalue weighted by molar-refractivity contribution is 0.121. The van der Waals surface area contributed by atoms with E-state index in [1.807, 2.05) is 18.2 Å². The number of rotatable bonds is 5. The maximum Gasteiger partial charge on any atom is 0.268 e. The van der Waals surface area contributed by atoms with Crippen molar-refractivity contribution in [2.75, 3.05) is 38.2 Å². The van der Waals surface area contributed by atoms with Gasteiger partial charge in [-0.15, -0.1) is 0 Å². The average molecular weight is 427 g/mol. The molecule has 158 valence electrons. The molecule has 1 unspecified atom stereocenters. The average Bonchev–Trinajstić information content (AvgIpc) is 3.53. The summed E-state index contributed by atoms with van der Waals surface area (Å²) in [7, 11) is -1.98. The summed E-state index contributed by atoms with van der Waals surface area (Å²) in [6.07, 6.45) is 5.70. The van der Waals surface area contributed by atoms with E-state index >= 15 is 0 Å². The number of hydrogen-bond acceptors (Lipinski definition) is 6. The van der Waals surface area contributed by atoms with Gasteiger partial charge in [0.2, 0.25) is 0 Å². The van der Waals surface area contributed by atoms with E-state index < -0.39 is 10.0 Å². The molecule has 5 rings (SSSR count). The Morgan fingerprint density at radius 1 is 1.17 bits per heavy atom. The van der Waals surface area contributed by atoms with Crippen molar-refractivity contribution in [2.45, 2.75) is 29.8 Å². The van der Waals surface area contributed by atoms with Gasteiger partial charge in [-0.05, 0) is 55.8 Å². The highest BCUT2D eigenvalue weighted by molar-refractivity contribution is 7.90. The lowest BCUT2D eigenvalue weighted by Gasteiger charge is -2.18. The minimum atomic E-state index is -3.72. The molecule has 8 heteroatoms. The van der Waals surface area contributed by atoms with E-state index in [4.69, 9.17) is 4.74 Å². The standard InChI is InChI=1S/C22H26N4O3S/c1-29-18-9-12-25(14-18)17-4-6-19(7-5-17)30(27,28)26-15-20(16-8-11-23-13-16)22-21(26)3-2-10-24-22/h2-7,10,15-16,18,23H,8-9,11-14H2,1H3/t16?,18-/m0/s1. The monoisotopic (exact) mass is 426 g/mol. The molecule has 2 aliphatic heterocycles. The SMILES string of the molecule is CO[C@H]1CCN(c2ccc(S(=O)(=O)n3cc(C4CCNC4)c4ncccc43)cc2)C1. The summed E-state index contributed by atoms with van der Waals surface area (Å²) in [5.41, 5.74) is 3.42. The van der Waals surface area contributed by atoms with Crippen molar-refractivity contribution in [3.63, 3.8) is 0 Å². The zero-order valence-corrected chi connectivity index (χ0v) is 17.8. The molecule has 0 amide bonds. The molecule has 0 radical (unpaired) electrons. The molecule has 0 aliphatic carbocycles. The second-order valence-electron chi connectivity index (χ2n) is 8.03. The van der Waals surface area contributed by atoms with Crippen molar-refractivity contribution in [2.24, 2.45) is 0 Å². The van der Waals surface area contributed by atoms with Crippen molar-refractivity contribution in [1.82, 2.24) is 14.3 Å². The first-order valence-electron chi connectivity index (χ1n) is 10.4. The minimum absolute atomic E-state index is 0.232. The van der Waals surface area contributed by atoms with E-state index in [1.165, 1.54) is 3.97 Å². The minimum Gasteiger partial charge on any atom is -0.380 e. The summed E-state index contributed by atoms with van der Waals surface area (Å²) < 4.78 is 33.8. The molecule has 30 heavy (non-hydrogen) atoms. The van der Waals surface area contributed by atoms with Gasteiger partial charge in [-0.2, -0.15) is 0 Å². The van der Waals surface area contributed by atoms with Crippen LogP contribution in [0, 0.1) is 0 Å². The third kappa shape index (κ3) is 3.29. The van der Waals surface area contributed by atoms with Gasteiger partial charge in [-0.25, -0.2) is 12.4 Å². The van der Waals surface area contributed by atoms with E-state index in [-0.39, 0.29) is 16.9 Å². The fourth-order valence-corrected chi connectivity index (χ4v) is 5.94. The molecule has 1 aromatic carbocycles. The lowest BCUT2D eigenvalue weighted by atomic mass is 10.0. The number of fused-ring (bicyclic) bond motifs is 1. The summed E-state index contributed by atoms with van der Waals surface area (Å²) >= 11 is 0. The number of pyridine rings is 1. The number of hydrogen-bond donors (Lipinski definition) is 1. The Morgan fingerprint density at radius 2 is 2.00 bits per heavy atom. The predicted molar refractivity (Wildman–Crippen MR) is 117 cm³/mol. The van der Waals surface area contributed by atoms with Crippen LogP contribution in [0.2, 0.25) is 0 Å². The molecule has 3 aromatic rings. The first kappa shape index (κ1) is 19.5. The van der Waals surface area contributed by atoms with Crippen LogP contribution in [0.3, 0.4) is 0 Å². The Morgan fingerprint density at radius 3 is 2.70 bits per heavy atom. The number of nitrogens with one attached hydrogen (secondary N) is 1. The van der Waals surface area contributed by atoms with E-state index in [2.05, 4.69) is 15.2 Å². The largest absolute Gasteiger partial charge is 0.380 e. The first-order valence-corrected chi connectivity index (χ1v) is 11.8. The Hall–Kier alpha value is -2.42. The maximum atomic E-state index is 13.5. The molecule has 2 fully saturated rings. The zero-order chi connectivity index (χ0) is 20.7. The van der Waals surface area contributed by atoms with Crippen LogP contribution in [-0.2, 0) is 14.8 Å². The summed E-state index contributed by atoms with van der Waals surface area (Å²) in [5, 5.41) is 3.36. The fraction of sp³-hybridized carbons (Fsp3) is 0.409. The Bertz CT molecular complexity index is 1150. The number of anilines is 1. The van der Waals surface area contributed by atoms with Gasteiger partial charge in [0.1, 0.15) is 0 Å². The zero-order valence-electron chi connectivity index (χ0n) is 17.0. The van der Waals surface area contributed by atoms with Gasteiger partial charge in [0.25, 0.3) is 10.0 Å². The highest BCUT2D eigenvalue weighted by Gasteiger charge is 2.27. The number of nitrogens with zero attached hydrogens (tertiary/aromatic N) is 3. The van der Waals surface area contributed by atoms with Gasteiger partial charge < -0.3 is 15.0 Å². The molecular formula is C22H26N4O3S. The summed E-state index contributed by atoms with van der Waals surface area (Å²) in [4.78, 5) is 7.01. The number of methoxy groups -OCH3 is 1. The summed E-state index contributed by atoms with van der Waals surface area (Å²) in [6.45, 7) is 3.54. The van der Waals surface area contributed by atoms with Gasteiger partial charge in [-0.1, -0.05) is 0 Å². The van der Waals surface area contributed by atoms with E-state index in [9.17, 15) is 8.42 Å². The molecule has 2 atom stereocenters. The smallest absolute Gasteiger partial charge is 0.268 e. The molecule has 7 nitrogen and oxygen atoms in total. The molecular weight excluding hydrogens is 400 g/mol. The second-order valence-corrected chi connectivity index (χ2v) is 9.85. The van der Waals surface area contributed by atoms with Crippen LogP contribution in [0.25, 0.3) is 11.0 Å². The van der Waals surface area contributed by atoms with Crippen LogP contribution < -0.4 is 10.2 Å². The second kappa shape index (κ2) is 7.68. The van der Waals surface area contributed by atoms with Crippen LogP contribution in [0.1, 0.15) is 24.3 Å². The van der Waals surface area contributed by atoms with Gasteiger partial charge >= 0.3 is 0 Å². The van der Waals surface area contributed by atoms with Crippen LogP contribution >= 0.6 is 0 Å². The summed E-state index contributed by atoms with van der Waals surface area (Å²) in [5.74, 6) is 0.283. The van der Waals surface area contributed by atoms with Crippen molar-refractivity contribution < 1.29 is 13.2 Å². The predicted octanol–water partition coefficient (Wildman–Crippen LogP) is 2.58. The Balaban J connectivity index is 1.50. The van der Waals surface area contributed by atoms with Crippen LogP contribution in [0.4, 0.5) is 5.69 Å². The van der Waals surface area contributed by atoms with Crippen molar-refractivity contribution in [3.8, 4) is 0 Å². The quantitative estimate of drug-likeness (QED) is 0.676. The first-order chi connectivity index (χ1) is 14.6. The van der Waals surface area contributed by atoms with E-state index in [0.29, 0.717) is 5.52 Å². The number of ether oxygens (including phenoxy) is 1. The van der Waals surface area contributed by atoms with Crippen molar-refractivity contribution in [1.29, 1.82) is 0 Å². The molecule has 0 saturated carbocycles.